The summed E-state index contributed by atoms with van der Waals surface area (Å²) in [6.07, 6.45) is 9.34. The Morgan fingerprint density at radius 2 is 1.67 bits per heavy atom. The van der Waals surface area contributed by atoms with E-state index in [4.69, 9.17) is 16.3 Å². The Morgan fingerprint density at radius 3 is 2.42 bits per heavy atom. The monoisotopic (exact) mass is 322 g/mol. The Balaban J connectivity index is 1.81. The van der Waals surface area contributed by atoms with Crippen LogP contribution in [0.1, 0.15) is 31.2 Å². The normalized spacial score (nSPS) is 10.7. The Bertz CT molecular complexity index is 688. The van der Waals surface area contributed by atoms with Crippen LogP contribution in [0.15, 0.2) is 58.8 Å². The van der Waals surface area contributed by atoms with Crippen LogP contribution in [0.3, 0.4) is 0 Å². The molecule has 4 heteroatoms. The van der Waals surface area contributed by atoms with E-state index in [0.29, 0.717) is 6.61 Å². The van der Waals surface area contributed by atoms with Crippen LogP contribution < -0.4 is 4.74 Å². The summed E-state index contributed by atoms with van der Waals surface area (Å²) in [5, 5.41) is 17.1. The van der Waals surface area contributed by atoms with Crippen LogP contribution in [0.4, 0.5) is 11.4 Å². The fourth-order valence-electron chi connectivity index (χ4n) is 2.14. The van der Waals surface area contributed by atoms with Crippen molar-refractivity contribution in [1.29, 1.82) is 0 Å². The van der Waals surface area contributed by atoms with Gasteiger partial charge in [0.05, 0.1) is 18.0 Å². The molecule has 0 aliphatic heterocycles. The van der Waals surface area contributed by atoms with E-state index in [9.17, 15) is 0 Å². The van der Waals surface area contributed by atoms with Gasteiger partial charge in [0.2, 0.25) is 0 Å². The average Bonchev–Trinajstić information content (AvgIpc) is 2.64. The molecule has 0 heterocycles. The zero-order chi connectivity index (χ0) is 17.0. The number of azo groups is 1. The van der Waals surface area contributed by atoms with Crippen LogP contribution in [-0.2, 0) is 0 Å². The summed E-state index contributed by atoms with van der Waals surface area (Å²) in [7, 11) is 0. The molecule has 2 aromatic carbocycles. The second kappa shape index (κ2) is 10.2. The molecule has 0 radical (unpaired) electrons. The molecule has 0 unspecified atom stereocenters. The number of aliphatic hydroxyl groups is 1. The number of benzene rings is 2. The van der Waals surface area contributed by atoms with E-state index in [2.05, 4.69) is 16.1 Å². The third-order valence-electron chi connectivity index (χ3n) is 3.45. The molecule has 124 valence electrons. The summed E-state index contributed by atoms with van der Waals surface area (Å²) in [6, 6.07) is 14.9. The zero-order valence-electron chi connectivity index (χ0n) is 13.7. The predicted octanol–water partition coefficient (Wildman–Crippen LogP) is 5.01. The molecule has 0 aromatic heterocycles. The van der Waals surface area contributed by atoms with Crippen molar-refractivity contribution in [2.75, 3.05) is 13.2 Å². The topological polar surface area (TPSA) is 54.2 Å². The highest BCUT2D eigenvalue weighted by Gasteiger charge is 1.96. The highest BCUT2D eigenvalue weighted by molar-refractivity contribution is 5.47. The van der Waals surface area contributed by atoms with Gasteiger partial charge in [-0.15, -0.1) is 6.42 Å². The van der Waals surface area contributed by atoms with Crippen LogP contribution in [0.2, 0.25) is 0 Å². The summed E-state index contributed by atoms with van der Waals surface area (Å²) < 4.78 is 5.68. The van der Waals surface area contributed by atoms with Crippen LogP contribution in [-0.4, -0.2) is 18.3 Å². The Labute approximate surface area is 143 Å². The number of hydrogen-bond donors (Lipinski definition) is 1. The van der Waals surface area contributed by atoms with Crippen molar-refractivity contribution >= 4 is 11.4 Å². The van der Waals surface area contributed by atoms with E-state index in [1.54, 1.807) is 0 Å². The maximum absolute atomic E-state index is 8.71. The first kappa shape index (κ1) is 17.7. The van der Waals surface area contributed by atoms with Gasteiger partial charge in [0.25, 0.3) is 0 Å². The maximum atomic E-state index is 8.71. The van der Waals surface area contributed by atoms with Crippen LogP contribution in [0.5, 0.6) is 5.75 Å². The molecule has 0 bridgehead atoms. The molecule has 2 aromatic rings. The molecular weight excluding hydrogens is 300 g/mol. The Kier molecular flexibility index (Phi) is 7.52. The SMILES string of the molecule is C#Cc1cccc(N=Nc2ccc(OCCCCCCO)cc2)c1. The van der Waals surface area contributed by atoms with Crippen LogP contribution >= 0.6 is 0 Å². The third kappa shape index (κ3) is 6.23. The van der Waals surface area contributed by atoms with E-state index in [0.717, 1.165) is 48.4 Å². The molecule has 1 N–H and O–H groups in total. The van der Waals surface area contributed by atoms with Crippen molar-refractivity contribution < 1.29 is 9.84 Å². The van der Waals surface area contributed by atoms with Gasteiger partial charge >= 0.3 is 0 Å². The van der Waals surface area contributed by atoms with Crippen molar-refractivity contribution in [2.24, 2.45) is 10.2 Å². The zero-order valence-corrected chi connectivity index (χ0v) is 13.7. The molecule has 0 spiro atoms. The summed E-state index contributed by atoms with van der Waals surface area (Å²) in [5.74, 6) is 3.40. The standard InChI is InChI=1S/C20H22N2O2/c1-2-17-8-7-9-19(16-17)22-21-18-10-12-20(13-11-18)24-15-6-4-3-5-14-23/h1,7-13,16,23H,3-6,14-15H2. The van der Waals surface area contributed by atoms with Crippen molar-refractivity contribution in [3.63, 3.8) is 0 Å². The number of aliphatic hydroxyl groups excluding tert-OH is 1. The van der Waals surface area contributed by atoms with Gasteiger partial charge in [-0.2, -0.15) is 10.2 Å². The number of terminal acetylenes is 1. The lowest BCUT2D eigenvalue weighted by atomic mass is 10.2. The number of nitrogens with zero attached hydrogens (tertiary/aromatic N) is 2. The fraction of sp³-hybridized carbons (Fsp3) is 0.300. The first-order chi connectivity index (χ1) is 11.8. The van der Waals surface area contributed by atoms with Crippen molar-refractivity contribution in [3.8, 4) is 18.1 Å². The lowest BCUT2D eigenvalue weighted by Gasteiger charge is -2.05. The molecule has 2 rings (SSSR count). The van der Waals surface area contributed by atoms with Gasteiger partial charge in [-0.1, -0.05) is 18.4 Å². The minimum atomic E-state index is 0.268. The van der Waals surface area contributed by atoms with E-state index < -0.39 is 0 Å². The first-order valence-corrected chi connectivity index (χ1v) is 8.14. The Morgan fingerprint density at radius 1 is 0.917 bits per heavy atom. The second-order valence-corrected chi connectivity index (χ2v) is 5.37. The van der Waals surface area contributed by atoms with E-state index in [1.807, 2.05) is 48.5 Å². The molecule has 0 aliphatic rings. The van der Waals surface area contributed by atoms with Gasteiger partial charge < -0.3 is 9.84 Å². The van der Waals surface area contributed by atoms with Crippen molar-refractivity contribution in [1.82, 2.24) is 0 Å². The van der Waals surface area contributed by atoms with Gasteiger partial charge in [-0.25, -0.2) is 0 Å². The van der Waals surface area contributed by atoms with Gasteiger partial charge in [0, 0.05) is 12.2 Å². The largest absolute Gasteiger partial charge is 0.494 e. The fourth-order valence-corrected chi connectivity index (χ4v) is 2.14. The molecule has 0 atom stereocenters. The lowest BCUT2D eigenvalue weighted by Crippen LogP contribution is -1.97. The molecule has 0 fully saturated rings. The average molecular weight is 322 g/mol. The van der Waals surface area contributed by atoms with Crippen LogP contribution in [0.25, 0.3) is 0 Å². The number of unbranched alkanes of at least 4 members (excludes halogenated alkanes) is 3. The van der Waals surface area contributed by atoms with Gasteiger partial charge in [-0.3, -0.25) is 0 Å². The van der Waals surface area contributed by atoms with E-state index >= 15 is 0 Å². The smallest absolute Gasteiger partial charge is 0.119 e. The first-order valence-electron chi connectivity index (χ1n) is 8.14. The van der Waals surface area contributed by atoms with Gasteiger partial charge in [-0.05, 0) is 61.7 Å². The predicted molar refractivity (Wildman–Crippen MR) is 96.0 cm³/mol. The molecule has 0 saturated carbocycles. The van der Waals surface area contributed by atoms with Gasteiger partial charge in [0.1, 0.15) is 5.75 Å². The summed E-state index contributed by atoms with van der Waals surface area (Å²) in [4.78, 5) is 0. The van der Waals surface area contributed by atoms with Crippen LogP contribution in [0, 0.1) is 12.3 Å². The Hall–Kier alpha value is -2.64. The molecule has 24 heavy (non-hydrogen) atoms. The second-order valence-electron chi connectivity index (χ2n) is 5.37. The number of rotatable bonds is 9. The quantitative estimate of drug-likeness (QED) is 0.400. The minimum absolute atomic E-state index is 0.268. The lowest BCUT2D eigenvalue weighted by molar-refractivity contribution is 0.273. The van der Waals surface area contributed by atoms with E-state index in [1.165, 1.54) is 0 Å². The maximum Gasteiger partial charge on any atom is 0.119 e. The molecule has 4 nitrogen and oxygen atoms in total. The van der Waals surface area contributed by atoms with Gasteiger partial charge in [0.15, 0.2) is 0 Å². The highest BCUT2D eigenvalue weighted by Crippen LogP contribution is 2.22. The number of ether oxygens (including phenoxy) is 1. The minimum Gasteiger partial charge on any atom is -0.494 e. The number of hydrogen-bond acceptors (Lipinski definition) is 4. The molecular formula is C20H22N2O2. The van der Waals surface area contributed by atoms with E-state index in [-0.39, 0.29) is 6.61 Å². The van der Waals surface area contributed by atoms with Crippen molar-refractivity contribution in [2.45, 2.75) is 25.7 Å². The molecule has 0 saturated heterocycles. The third-order valence-corrected chi connectivity index (χ3v) is 3.45. The van der Waals surface area contributed by atoms with Crippen molar-refractivity contribution in [3.05, 3.63) is 54.1 Å². The summed E-state index contributed by atoms with van der Waals surface area (Å²) >= 11 is 0. The summed E-state index contributed by atoms with van der Waals surface area (Å²) in [6.45, 7) is 0.953. The molecule has 0 aliphatic carbocycles. The molecule has 0 amide bonds. The summed E-state index contributed by atoms with van der Waals surface area (Å²) in [5.41, 5.74) is 2.28. The highest BCUT2D eigenvalue weighted by atomic mass is 16.5.